The molecule has 1 aromatic carbocycles. The van der Waals surface area contributed by atoms with Crippen LogP contribution in [0.15, 0.2) is 27.8 Å². The Balaban J connectivity index is 2.25. The number of nitrogens with zero attached hydrogens (tertiary/aromatic N) is 2. The third kappa shape index (κ3) is 3.15. The van der Waals surface area contributed by atoms with Crippen molar-refractivity contribution in [2.75, 3.05) is 0 Å². The Bertz CT molecular complexity index is 898. The first kappa shape index (κ1) is 17.5. The van der Waals surface area contributed by atoms with Crippen LogP contribution in [0, 0.1) is 13.8 Å². The standard InChI is InChI=1S/C20H26N2O3/c1-12(2)17-18(23)21(5)20(24)22(15-7-6-8-15)19(17)25-16-10-13(3)9-14(4)11-16/h9-12,15H,6-8H2,1-5H3. The Morgan fingerprint density at radius 3 is 2.16 bits per heavy atom. The van der Waals surface area contributed by atoms with Gasteiger partial charge in [0.2, 0.25) is 5.88 Å². The van der Waals surface area contributed by atoms with E-state index in [1.54, 1.807) is 11.6 Å². The van der Waals surface area contributed by atoms with Gasteiger partial charge in [0.15, 0.2) is 0 Å². The lowest BCUT2D eigenvalue weighted by Crippen LogP contribution is -2.43. The Labute approximate surface area is 147 Å². The molecule has 0 unspecified atom stereocenters. The quantitative estimate of drug-likeness (QED) is 0.849. The van der Waals surface area contributed by atoms with Crippen LogP contribution in [0.2, 0.25) is 0 Å². The average Bonchev–Trinajstić information content (AvgIpc) is 2.45. The molecule has 1 aliphatic carbocycles. The fourth-order valence-corrected chi connectivity index (χ4v) is 3.41. The maximum atomic E-state index is 12.8. The van der Waals surface area contributed by atoms with E-state index in [1.807, 2.05) is 39.8 Å². The van der Waals surface area contributed by atoms with E-state index >= 15 is 0 Å². The second-order valence-corrected chi connectivity index (χ2v) is 7.40. The number of hydrogen-bond acceptors (Lipinski definition) is 3. The number of aryl methyl sites for hydroxylation is 2. The van der Waals surface area contributed by atoms with E-state index in [4.69, 9.17) is 4.74 Å². The van der Waals surface area contributed by atoms with Crippen molar-refractivity contribution in [1.29, 1.82) is 0 Å². The summed E-state index contributed by atoms with van der Waals surface area (Å²) in [7, 11) is 1.55. The molecule has 0 radical (unpaired) electrons. The van der Waals surface area contributed by atoms with Crippen molar-refractivity contribution in [1.82, 2.24) is 9.13 Å². The minimum atomic E-state index is -0.293. The van der Waals surface area contributed by atoms with Gasteiger partial charge in [-0.15, -0.1) is 0 Å². The Hall–Kier alpha value is -2.30. The lowest BCUT2D eigenvalue weighted by Gasteiger charge is -2.31. The summed E-state index contributed by atoms with van der Waals surface area (Å²) >= 11 is 0. The van der Waals surface area contributed by atoms with Gasteiger partial charge in [0, 0.05) is 13.1 Å². The minimum Gasteiger partial charge on any atom is -0.440 e. The highest BCUT2D eigenvalue weighted by atomic mass is 16.5. The largest absolute Gasteiger partial charge is 0.440 e. The van der Waals surface area contributed by atoms with Crippen molar-refractivity contribution < 1.29 is 4.74 Å². The van der Waals surface area contributed by atoms with E-state index in [1.165, 1.54) is 4.57 Å². The second-order valence-electron chi connectivity index (χ2n) is 7.40. The topological polar surface area (TPSA) is 53.2 Å². The molecule has 0 amide bonds. The van der Waals surface area contributed by atoms with Crippen LogP contribution in [0.1, 0.15) is 61.8 Å². The normalized spacial score (nSPS) is 14.6. The van der Waals surface area contributed by atoms with Gasteiger partial charge in [-0.1, -0.05) is 19.9 Å². The fourth-order valence-electron chi connectivity index (χ4n) is 3.41. The molecule has 5 heteroatoms. The molecule has 1 aliphatic rings. The molecule has 0 atom stereocenters. The minimum absolute atomic E-state index is 0.0356. The first-order valence-corrected chi connectivity index (χ1v) is 8.91. The molecule has 0 bridgehead atoms. The summed E-state index contributed by atoms with van der Waals surface area (Å²) in [4.78, 5) is 25.5. The molecule has 3 rings (SSSR count). The molecular formula is C20H26N2O3. The third-order valence-corrected chi connectivity index (χ3v) is 4.90. The van der Waals surface area contributed by atoms with Gasteiger partial charge in [-0.3, -0.25) is 13.9 Å². The predicted octanol–water partition coefficient (Wildman–Crippen LogP) is 3.80. The zero-order valence-electron chi connectivity index (χ0n) is 15.6. The van der Waals surface area contributed by atoms with Crippen LogP contribution in [0.4, 0.5) is 0 Å². The number of ether oxygens (including phenoxy) is 1. The number of rotatable bonds is 4. The van der Waals surface area contributed by atoms with Crippen LogP contribution in [0.25, 0.3) is 0 Å². The third-order valence-electron chi connectivity index (χ3n) is 4.90. The van der Waals surface area contributed by atoms with E-state index in [9.17, 15) is 9.59 Å². The summed E-state index contributed by atoms with van der Waals surface area (Å²) in [5, 5.41) is 0. The fraction of sp³-hybridized carbons (Fsp3) is 0.500. The lowest BCUT2D eigenvalue weighted by atomic mass is 9.92. The summed E-state index contributed by atoms with van der Waals surface area (Å²) in [5.74, 6) is 1.05. The summed E-state index contributed by atoms with van der Waals surface area (Å²) in [6, 6.07) is 6.05. The lowest BCUT2D eigenvalue weighted by molar-refractivity contribution is 0.263. The van der Waals surface area contributed by atoms with Crippen LogP contribution in [0.3, 0.4) is 0 Å². The van der Waals surface area contributed by atoms with Crippen molar-refractivity contribution >= 4 is 0 Å². The summed E-state index contributed by atoms with van der Waals surface area (Å²) in [6.45, 7) is 7.93. The average molecular weight is 342 g/mol. The zero-order valence-corrected chi connectivity index (χ0v) is 15.6. The highest BCUT2D eigenvalue weighted by Crippen LogP contribution is 2.37. The van der Waals surface area contributed by atoms with E-state index in [0.717, 1.165) is 30.4 Å². The zero-order chi connectivity index (χ0) is 18.3. The van der Waals surface area contributed by atoms with Crippen molar-refractivity contribution in [3.05, 3.63) is 55.7 Å². The van der Waals surface area contributed by atoms with Gasteiger partial charge >= 0.3 is 5.69 Å². The molecule has 1 fully saturated rings. The van der Waals surface area contributed by atoms with Crippen LogP contribution >= 0.6 is 0 Å². The van der Waals surface area contributed by atoms with Gasteiger partial charge < -0.3 is 4.74 Å². The molecular weight excluding hydrogens is 316 g/mol. The van der Waals surface area contributed by atoms with Crippen LogP contribution in [0.5, 0.6) is 11.6 Å². The maximum absolute atomic E-state index is 12.8. The first-order chi connectivity index (χ1) is 11.8. The van der Waals surface area contributed by atoms with Gasteiger partial charge in [-0.2, -0.15) is 0 Å². The summed E-state index contributed by atoms with van der Waals surface area (Å²) in [6.07, 6.45) is 2.98. The first-order valence-electron chi connectivity index (χ1n) is 8.91. The second kappa shape index (κ2) is 6.54. The van der Waals surface area contributed by atoms with Crippen LogP contribution in [-0.4, -0.2) is 9.13 Å². The smallest absolute Gasteiger partial charge is 0.333 e. The number of hydrogen-bond donors (Lipinski definition) is 0. The Kier molecular flexibility index (Phi) is 4.58. The Morgan fingerprint density at radius 2 is 1.68 bits per heavy atom. The predicted molar refractivity (Wildman–Crippen MR) is 98.9 cm³/mol. The van der Waals surface area contributed by atoms with Gasteiger partial charge in [-0.25, -0.2) is 4.79 Å². The van der Waals surface area contributed by atoms with Crippen molar-refractivity contribution in [3.8, 4) is 11.6 Å². The highest BCUT2D eigenvalue weighted by Gasteiger charge is 2.29. The van der Waals surface area contributed by atoms with E-state index in [2.05, 4.69) is 6.07 Å². The molecule has 0 saturated heterocycles. The van der Waals surface area contributed by atoms with Gasteiger partial charge in [0.1, 0.15) is 5.75 Å². The van der Waals surface area contributed by atoms with Crippen molar-refractivity contribution in [2.45, 2.75) is 58.9 Å². The maximum Gasteiger partial charge on any atom is 0.333 e. The molecule has 25 heavy (non-hydrogen) atoms. The van der Waals surface area contributed by atoms with Crippen molar-refractivity contribution in [3.63, 3.8) is 0 Å². The SMILES string of the molecule is Cc1cc(C)cc(Oc2c(C(C)C)c(=O)n(C)c(=O)n2C2CCC2)c1. The van der Waals surface area contributed by atoms with Gasteiger partial charge in [0.25, 0.3) is 5.56 Å². The van der Waals surface area contributed by atoms with Crippen LogP contribution in [-0.2, 0) is 7.05 Å². The summed E-state index contributed by atoms with van der Waals surface area (Å²) < 4.78 is 9.09. The van der Waals surface area contributed by atoms with Crippen molar-refractivity contribution in [2.24, 2.45) is 7.05 Å². The van der Waals surface area contributed by atoms with Crippen LogP contribution < -0.4 is 16.0 Å². The van der Waals surface area contributed by atoms with E-state index in [0.29, 0.717) is 17.2 Å². The molecule has 1 aromatic heterocycles. The van der Waals surface area contributed by atoms with Gasteiger partial charge in [0.05, 0.1) is 5.56 Å². The van der Waals surface area contributed by atoms with Gasteiger partial charge in [-0.05, 0) is 62.3 Å². The monoisotopic (exact) mass is 342 g/mol. The van der Waals surface area contributed by atoms with E-state index in [-0.39, 0.29) is 23.2 Å². The molecule has 0 N–H and O–H groups in total. The summed E-state index contributed by atoms with van der Waals surface area (Å²) in [5.41, 5.74) is 2.17. The molecule has 5 nitrogen and oxygen atoms in total. The molecule has 1 saturated carbocycles. The molecule has 134 valence electrons. The number of aromatic nitrogens is 2. The van der Waals surface area contributed by atoms with E-state index < -0.39 is 0 Å². The Morgan fingerprint density at radius 1 is 1.08 bits per heavy atom. The molecule has 0 spiro atoms. The molecule has 2 aromatic rings. The number of benzene rings is 1. The molecule has 0 aliphatic heterocycles. The molecule has 1 heterocycles. The highest BCUT2D eigenvalue weighted by molar-refractivity contribution is 5.38.